The number of anilines is 1. The van der Waals surface area contributed by atoms with E-state index in [1.807, 2.05) is 37.3 Å². The Bertz CT molecular complexity index is 1410. The predicted molar refractivity (Wildman–Crippen MR) is 131 cm³/mol. The summed E-state index contributed by atoms with van der Waals surface area (Å²) >= 11 is 0. The highest BCUT2D eigenvalue weighted by molar-refractivity contribution is 7.92. The maximum atomic E-state index is 12.9. The molecule has 0 spiro atoms. The van der Waals surface area contributed by atoms with Crippen molar-refractivity contribution in [3.63, 3.8) is 0 Å². The number of aryl methyl sites for hydroxylation is 1. The topological polar surface area (TPSA) is 108 Å². The molecule has 1 N–H and O–H groups in total. The van der Waals surface area contributed by atoms with Gasteiger partial charge in [-0.1, -0.05) is 30.3 Å². The summed E-state index contributed by atoms with van der Waals surface area (Å²) in [7, 11) is -3.94. The summed E-state index contributed by atoms with van der Waals surface area (Å²) in [6.45, 7) is 3.93. The smallest absolute Gasteiger partial charge is 0.340 e. The normalized spacial score (nSPS) is 11.1. The molecule has 180 valence electrons. The summed E-state index contributed by atoms with van der Waals surface area (Å²) in [6.07, 6.45) is 0. The SMILES string of the molecule is CCOc1ccc(S(=O)(=O)Nc2ccccc2C(=O)OCc2nc(-c3ccccc3)oc2C)cc1. The summed E-state index contributed by atoms with van der Waals surface area (Å²) in [5, 5.41) is 0. The number of para-hydroxylation sites is 1. The van der Waals surface area contributed by atoms with Gasteiger partial charge in [0.05, 0.1) is 22.8 Å². The van der Waals surface area contributed by atoms with Crippen LogP contribution in [-0.2, 0) is 21.4 Å². The number of oxazole rings is 1. The number of carbonyl (C=O) groups excluding carboxylic acids is 1. The zero-order valence-corrected chi connectivity index (χ0v) is 20.0. The van der Waals surface area contributed by atoms with Gasteiger partial charge in [0.2, 0.25) is 5.89 Å². The van der Waals surface area contributed by atoms with E-state index in [2.05, 4.69) is 9.71 Å². The molecule has 0 aliphatic carbocycles. The van der Waals surface area contributed by atoms with Gasteiger partial charge in [0.1, 0.15) is 23.8 Å². The second-order valence-corrected chi connectivity index (χ2v) is 9.20. The number of hydrogen-bond donors (Lipinski definition) is 1. The fourth-order valence-electron chi connectivity index (χ4n) is 3.31. The molecular formula is C26H24N2O6S. The molecule has 1 heterocycles. The van der Waals surface area contributed by atoms with E-state index in [1.54, 1.807) is 31.2 Å². The van der Waals surface area contributed by atoms with E-state index in [1.165, 1.54) is 24.3 Å². The molecule has 0 unspecified atom stereocenters. The van der Waals surface area contributed by atoms with Crippen LogP contribution in [0, 0.1) is 6.92 Å². The number of aromatic nitrogens is 1. The van der Waals surface area contributed by atoms with Gasteiger partial charge in [0.15, 0.2) is 0 Å². The Labute approximate surface area is 203 Å². The largest absolute Gasteiger partial charge is 0.494 e. The minimum atomic E-state index is -3.94. The molecule has 4 aromatic rings. The predicted octanol–water partition coefficient (Wildman–Crippen LogP) is 5.21. The van der Waals surface area contributed by atoms with Gasteiger partial charge in [0, 0.05) is 5.56 Å². The van der Waals surface area contributed by atoms with E-state index < -0.39 is 16.0 Å². The van der Waals surface area contributed by atoms with Crippen LogP contribution in [0.5, 0.6) is 5.75 Å². The molecule has 0 aliphatic rings. The van der Waals surface area contributed by atoms with Gasteiger partial charge in [-0.05, 0) is 62.4 Å². The minimum absolute atomic E-state index is 0.0378. The first-order valence-electron chi connectivity index (χ1n) is 10.9. The maximum absolute atomic E-state index is 12.9. The van der Waals surface area contributed by atoms with Crippen molar-refractivity contribution < 1.29 is 27.1 Å². The maximum Gasteiger partial charge on any atom is 0.340 e. The highest BCUT2D eigenvalue weighted by atomic mass is 32.2. The van der Waals surface area contributed by atoms with E-state index in [9.17, 15) is 13.2 Å². The molecule has 4 rings (SSSR count). The van der Waals surface area contributed by atoms with Crippen molar-refractivity contribution >= 4 is 21.7 Å². The Morgan fingerprint density at radius 3 is 2.37 bits per heavy atom. The number of esters is 1. The average molecular weight is 493 g/mol. The molecular weight excluding hydrogens is 468 g/mol. The van der Waals surface area contributed by atoms with E-state index in [0.717, 1.165) is 5.56 Å². The van der Waals surface area contributed by atoms with Gasteiger partial charge in [-0.2, -0.15) is 0 Å². The molecule has 0 aliphatic heterocycles. The zero-order valence-electron chi connectivity index (χ0n) is 19.2. The van der Waals surface area contributed by atoms with Gasteiger partial charge in [-0.25, -0.2) is 18.2 Å². The third-order valence-electron chi connectivity index (χ3n) is 5.09. The summed E-state index contributed by atoms with van der Waals surface area (Å²) in [5.41, 5.74) is 1.46. The molecule has 35 heavy (non-hydrogen) atoms. The molecule has 0 radical (unpaired) electrons. The van der Waals surface area contributed by atoms with Crippen molar-refractivity contribution in [3.05, 3.63) is 95.9 Å². The first-order chi connectivity index (χ1) is 16.9. The number of ether oxygens (including phenoxy) is 2. The van der Waals surface area contributed by atoms with E-state index in [0.29, 0.717) is 29.7 Å². The molecule has 1 aromatic heterocycles. The fourth-order valence-corrected chi connectivity index (χ4v) is 4.39. The Kier molecular flexibility index (Phi) is 7.17. The van der Waals surface area contributed by atoms with E-state index in [4.69, 9.17) is 13.9 Å². The number of sulfonamides is 1. The lowest BCUT2D eigenvalue weighted by atomic mass is 10.2. The summed E-state index contributed by atoms with van der Waals surface area (Å²) in [5.74, 6) is 0.825. The van der Waals surface area contributed by atoms with Crippen LogP contribution in [0.25, 0.3) is 11.5 Å². The molecule has 9 heteroatoms. The summed E-state index contributed by atoms with van der Waals surface area (Å²) in [4.78, 5) is 17.3. The molecule has 0 bridgehead atoms. The molecule has 0 saturated carbocycles. The molecule has 0 amide bonds. The Morgan fingerprint density at radius 1 is 0.971 bits per heavy atom. The fraction of sp³-hybridized carbons (Fsp3) is 0.154. The standard InChI is InChI=1S/C26H24N2O6S/c1-3-32-20-13-15-21(16-14-20)35(30,31)28-23-12-8-7-11-22(23)26(29)33-17-24-18(2)34-25(27-24)19-9-5-4-6-10-19/h4-16,28H,3,17H2,1-2H3. The lowest BCUT2D eigenvalue weighted by molar-refractivity contribution is 0.0468. The molecule has 0 atom stereocenters. The number of hydrogen-bond acceptors (Lipinski definition) is 7. The number of benzene rings is 3. The van der Waals surface area contributed by atoms with Gasteiger partial charge in [-0.3, -0.25) is 4.72 Å². The average Bonchev–Trinajstić information content (AvgIpc) is 3.24. The van der Waals surface area contributed by atoms with Crippen LogP contribution in [0.4, 0.5) is 5.69 Å². The van der Waals surface area contributed by atoms with Crippen LogP contribution < -0.4 is 9.46 Å². The van der Waals surface area contributed by atoms with Crippen LogP contribution in [0.3, 0.4) is 0 Å². The van der Waals surface area contributed by atoms with Crippen molar-refractivity contribution in [2.24, 2.45) is 0 Å². The molecule has 0 saturated heterocycles. The van der Waals surface area contributed by atoms with Crippen molar-refractivity contribution in [2.75, 3.05) is 11.3 Å². The van der Waals surface area contributed by atoms with Crippen LogP contribution >= 0.6 is 0 Å². The van der Waals surface area contributed by atoms with Gasteiger partial charge >= 0.3 is 5.97 Å². The van der Waals surface area contributed by atoms with Crippen molar-refractivity contribution in [3.8, 4) is 17.2 Å². The van der Waals surface area contributed by atoms with Crippen LogP contribution in [0.1, 0.15) is 28.7 Å². The van der Waals surface area contributed by atoms with Crippen molar-refractivity contribution in [1.29, 1.82) is 0 Å². The van der Waals surface area contributed by atoms with Gasteiger partial charge in [-0.15, -0.1) is 0 Å². The highest BCUT2D eigenvalue weighted by Gasteiger charge is 2.20. The lowest BCUT2D eigenvalue weighted by Crippen LogP contribution is -2.16. The molecule has 0 fully saturated rings. The van der Waals surface area contributed by atoms with Gasteiger partial charge in [0.25, 0.3) is 10.0 Å². The lowest BCUT2D eigenvalue weighted by Gasteiger charge is -2.12. The number of rotatable bonds is 9. The summed E-state index contributed by atoms with van der Waals surface area (Å²) < 4.78 is 44.7. The second-order valence-electron chi connectivity index (χ2n) is 7.52. The first-order valence-corrected chi connectivity index (χ1v) is 12.4. The van der Waals surface area contributed by atoms with E-state index in [-0.39, 0.29) is 22.8 Å². The van der Waals surface area contributed by atoms with Crippen LogP contribution in [0.15, 0.2) is 88.2 Å². The first kappa shape index (κ1) is 24.0. The van der Waals surface area contributed by atoms with Crippen molar-refractivity contribution in [1.82, 2.24) is 4.98 Å². The van der Waals surface area contributed by atoms with Crippen LogP contribution in [0.2, 0.25) is 0 Å². The number of nitrogens with zero attached hydrogens (tertiary/aromatic N) is 1. The minimum Gasteiger partial charge on any atom is -0.494 e. The van der Waals surface area contributed by atoms with Crippen molar-refractivity contribution in [2.45, 2.75) is 25.3 Å². The van der Waals surface area contributed by atoms with Gasteiger partial charge < -0.3 is 13.9 Å². The van der Waals surface area contributed by atoms with E-state index >= 15 is 0 Å². The Balaban J connectivity index is 1.48. The summed E-state index contributed by atoms with van der Waals surface area (Å²) in [6, 6.07) is 21.6. The van der Waals surface area contributed by atoms with Crippen LogP contribution in [-0.4, -0.2) is 26.0 Å². The molecule has 3 aromatic carbocycles. The Morgan fingerprint density at radius 2 is 1.66 bits per heavy atom. The number of carbonyl (C=O) groups is 1. The quantitative estimate of drug-likeness (QED) is 0.320. The highest BCUT2D eigenvalue weighted by Crippen LogP contribution is 2.25. The Hall–Kier alpha value is -4.11. The third-order valence-corrected chi connectivity index (χ3v) is 6.47. The third kappa shape index (κ3) is 5.70. The zero-order chi connectivity index (χ0) is 24.8. The molecule has 8 nitrogen and oxygen atoms in total. The number of nitrogens with one attached hydrogen (secondary N) is 1. The second kappa shape index (κ2) is 10.4. The monoisotopic (exact) mass is 492 g/mol.